The molecule has 150 valence electrons. The van der Waals surface area contributed by atoms with E-state index in [4.69, 9.17) is 9.47 Å². The Kier molecular flexibility index (Phi) is 7.40. The number of quaternary nitrogens is 1. The maximum Gasteiger partial charge on any atom is 0.279 e. The number of likely N-dealkylation sites (N-methyl/N-ethyl adjacent to an activating group) is 1. The number of amides is 2. The van der Waals surface area contributed by atoms with Crippen LogP contribution in [0.3, 0.4) is 0 Å². The summed E-state index contributed by atoms with van der Waals surface area (Å²) in [7, 11) is 5.13. The zero-order chi connectivity index (χ0) is 20.7. The fraction of sp³-hybridized carbons (Fsp3) is 0.333. The van der Waals surface area contributed by atoms with Gasteiger partial charge in [0.2, 0.25) is 5.91 Å². The van der Waals surface area contributed by atoms with Gasteiger partial charge in [-0.2, -0.15) is 0 Å². The molecule has 3 N–H and O–H groups in total. The van der Waals surface area contributed by atoms with Crippen molar-refractivity contribution in [3.05, 3.63) is 47.5 Å². The van der Waals surface area contributed by atoms with Gasteiger partial charge < -0.3 is 25.0 Å². The predicted molar refractivity (Wildman–Crippen MR) is 109 cm³/mol. The zero-order valence-corrected chi connectivity index (χ0v) is 17.0. The van der Waals surface area contributed by atoms with E-state index in [0.717, 1.165) is 21.8 Å². The molecule has 0 saturated heterocycles. The Labute approximate surface area is 165 Å². The molecule has 2 aromatic carbocycles. The van der Waals surface area contributed by atoms with Crippen molar-refractivity contribution in [1.82, 2.24) is 0 Å². The summed E-state index contributed by atoms with van der Waals surface area (Å²) >= 11 is 0. The van der Waals surface area contributed by atoms with Crippen LogP contribution >= 0.6 is 0 Å². The molecular weight excluding hydrogens is 358 g/mol. The van der Waals surface area contributed by atoms with Gasteiger partial charge in [0.25, 0.3) is 5.91 Å². The highest BCUT2D eigenvalue weighted by atomic mass is 16.5. The number of nitrogens with one attached hydrogen (secondary N) is 3. The Morgan fingerprint density at radius 1 is 1.00 bits per heavy atom. The summed E-state index contributed by atoms with van der Waals surface area (Å²) in [6.45, 7) is 4.38. The van der Waals surface area contributed by atoms with Gasteiger partial charge in [0.05, 0.1) is 27.0 Å². The first-order chi connectivity index (χ1) is 13.3. The fourth-order valence-electron chi connectivity index (χ4n) is 2.99. The third-order valence-electron chi connectivity index (χ3n) is 4.18. The molecule has 0 aliphatic heterocycles. The monoisotopic (exact) mass is 386 g/mol. The van der Waals surface area contributed by atoms with Crippen molar-refractivity contribution < 1.29 is 24.0 Å². The molecule has 0 spiro atoms. The van der Waals surface area contributed by atoms with Gasteiger partial charge in [-0.25, -0.2) is 0 Å². The van der Waals surface area contributed by atoms with Crippen LogP contribution in [0.4, 0.5) is 11.4 Å². The molecule has 2 aromatic rings. The van der Waals surface area contributed by atoms with Crippen molar-refractivity contribution in [2.45, 2.75) is 20.4 Å². The van der Waals surface area contributed by atoms with Gasteiger partial charge in [0.1, 0.15) is 18.0 Å². The molecule has 0 saturated carbocycles. The summed E-state index contributed by atoms with van der Waals surface area (Å²) in [6, 6.07) is 11.1. The van der Waals surface area contributed by atoms with E-state index in [1.807, 2.05) is 26.1 Å². The Balaban J connectivity index is 2.05. The molecule has 28 heavy (non-hydrogen) atoms. The number of hydrogen-bond donors (Lipinski definition) is 3. The van der Waals surface area contributed by atoms with E-state index in [2.05, 4.69) is 16.7 Å². The lowest BCUT2D eigenvalue weighted by atomic mass is 10.1. The summed E-state index contributed by atoms with van der Waals surface area (Å²) in [4.78, 5) is 24.8. The Morgan fingerprint density at radius 2 is 1.68 bits per heavy atom. The van der Waals surface area contributed by atoms with Gasteiger partial charge in [0, 0.05) is 18.2 Å². The normalized spacial score (nSPS) is 11.5. The second kappa shape index (κ2) is 9.75. The molecule has 2 rings (SSSR count). The van der Waals surface area contributed by atoms with Crippen molar-refractivity contribution in [2.24, 2.45) is 0 Å². The highest BCUT2D eigenvalue weighted by molar-refractivity contribution is 5.95. The number of hydrogen-bond acceptors (Lipinski definition) is 4. The van der Waals surface area contributed by atoms with Crippen LogP contribution in [0.5, 0.6) is 11.5 Å². The number of methoxy groups -OCH3 is 2. The molecule has 7 nitrogen and oxygen atoms in total. The third-order valence-corrected chi connectivity index (χ3v) is 4.18. The van der Waals surface area contributed by atoms with Crippen molar-refractivity contribution in [1.29, 1.82) is 0 Å². The molecule has 0 heterocycles. The number of benzene rings is 2. The summed E-state index contributed by atoms with van der Waals surface area (Å²) in [5.41, 5.74) is 3.30. The van der Waals surface area contributed by atoms with E-state index in [-0.39, 0.29) is 18.4 Å². The average Bonchev–Trinajstić information content (AvgIpc) is 2.61. The molecule has 0 bridgehead atoms. The van der Waals surface area contributed by atoms with Crippen LogP contribution < -0.4 is 25.0 Å². The first-order valence-electron chi connectivity index (χ1n) is 9.02. The van der Waals surface area contributed by atoms with Crippen LogP contribution in [0.15, 0.2) is 36.4 Å². The number of carbonyl (C=O) groups excluding carboxylic acids is 2. The van der Waals surface area contributed by atoms with Gasteiger partial charge in [-0.15, -0.1) is 0 Å². The Morgan fingerprint density at radius 3 is 2.32 bits per heavy atom. The van der Waals surface area contributed by atoms with Gasteiger partial charge in [-0.3, -0.25) is 9.59 Å². The van der Waals surface area contributed by atoms with Crippen LogP contribution in [0.1, 0.15) is 18.1 Å². The number of aryl methyl sites for hydroxylation is 1. The number of rotatable bonds is 8. The first-order valence-corrected chi connectivity index (χ1v) is 9.02. The lowest BCUT2D eigenvalue weighted by Gasteiger charge is -2.17. The minimum absolute atomic E-state index is 0.151. The zero-order valence-electron chi connectivity index (χ0n) is 17.0. The standard InChI is InChI=1S/C21H27N3O4/c1-14-6-8-19(27-4)16(10-14)12-24(3)13-21(26)23-18-11-17(22-15(2)25)7-9-20(18)28-5/h6-11H,12-13H2,1-5H3,(H,22,25)(H,23,26)/p+1. The molecule has 2 amide bonds. The molecule has 7 heteroatoms. The fourth-order valence-corrected chi connectivity index (χ4v) is 2.99. The van der Waals surface area contributed by atoms with Gasteiger partial charge in [-0.1, -0.05) is 11.6 Å². The maximum atomic E-state index is 12.5. The minimum Gasteiger partial charge on any atom is -0.496 e. The molecule has 0 aromatic heterocycles. The van der Waals surface area contributed by atoms with Gasteiger partial charge >= 0.3 is 0 Å². The van der Waals surface area contributed by atoms with E-state index >= 15 is 0 Å². The van der Waals surface area contributed by atoms with Crippen molar-refractivity contribution in [2.75, 3.05) is 38.4 Å². The first kappa shape index (κ1) is 21.2. The smallest absolute Gasteiger partial charge is 0.279 e. The quantitative estimate of drug-likeness (QED) is 0.644. The highest BCUT2D eigenvalue weighted by Crippen LogP contribution is 2.27. The minimum atomic E-state index is -0.182. The number of anilines is 2. The lowest BCUT2D eigenvalue weighted by molar-refractivity contribution is -0.885. The summed E-state index contributed by atoms with van der Waals surface area (Å²) in [5.74, 6) is 1.01. The summed E-state index contributed by atoms with van der Waals surface area (Å²) in [5, 5.41) is 5.56. The molecule has 0 fully saturated rings. The molecule has 1 atom stereocenters. The lowest BCUT2D eigenvalue weighted by Crippen LogP contribution is -3.08. The molecule has 1 unspecified atom stereocenters. The van der Waals surface area contributed by atoms with Gasteiger partial charge in [-0.05, 0) is 37.3 Å². The second-order valence-electron chi connectivity index (χ2n) is 6.77. The highest BCUT2D eigenvalue weighted by Gasteiger charge is 2.16. The summed E-state index contributed by atoms with van der Waals surface area (Å²) < 4.78 is 10.7. The number of carbonyl (C=O) groups is 2. The van der Waals surface area contributed by atoms with Crippen LogP contribution in [0, 0.1) is 6.92 Å². The molecular formula is C21H28N3O4+. The topological polar surface area (TPSA) is 81.1 Å². The average molecular weight is 386 g/mol. The van der Waals surface area contributed by atoms with Crippen molar-refractivity contribution in [3.63, 3.8) is 0 Å². The third kappa shape index (κ3) is 5.99. The number of ether oxygens (including phenoxy) is 2. The van der Waals surface area contributed by atoms with E-state index in [1.165, 1.54) is 14.0 Å². The second-order valence-corrected chi connectivity index (χ2v) is 6.77. The SMILES string of the molecule is COc1ccc(C)cc1C[NH+](C)CC(=O)Nc1cc(NC(C)=O)ccc1OC. The molecule has 0 radical (unpaired) electrons. The van der Waals surface area contributed by atoms with Crippen LogP contribution in [-0.4, -0.2) is 39.6 Å². The van der Waals surface area contributed by atoms with Crippen molar-refractivity contribution in [3.8, 4) is 11.5 Å². The predicted octanol–water partition coefficient (Wildman–Crippen LogP) is 1.62. The van der Waals surface area contributed by atoms with E-state index in [9.17, 15) is 9.59 Å². The Hall–Kier alpha value is -3.06. The van der Waals surface area contributed by atoms with Crippen LogP contribution in [0.2, 0.25) is 0 Å². The van der Waals surface area contributed by atoms with E-state index < -0.39 is 0 Å². The summed E-state index contributed by atoms with van der Waals surface area (Å²) in [6.07, 6.45) is 0. The van der Waals surface area contributed by atoms with Crippen LogP contribution in [-0.2, 0) is 16.1 Å². The van der Waals surface area contributed by atoms with E-state index in [1.54, 1.807) is 25.3 Å². The van der Waals surface area contributed by atoms with Gasteiger partial charge in [0.15, 0.2) is 6.54 Å². The largest absolute Gasteiger partial charge is 0.496 e. The Bertz CT molecular complexity index is 852. The maximum absolute atomic E-state index is 12.5. The van der Waals surface area contributed by atoms with Crippen molar-refractivity contribution >= 4 is 23.2 Å². The van der Waals surface area contributed by atoms with E-state index in [0.29, 0.717) is 23.7 Å². The molecule has 0 aliphatic carbocycles. The van der Waals surface area contributed by atoms with Crippen LogP contribution in [0.25, 0.3) is 0 Å². The molecule has 0 aliphatic rings.